The van der Waals surface area contributed by atoms with Crippen molar-refractivity contribution in [2.24, 2.45) is 21.7 Å². The largest absolute Gasteiger partial charge is 0.356 e. The predicted molar refractivity (Wildman–Crippen MR) is 126 cm³/mol. The Bertz CT molecular complexity index is 640. The lowest BCUT2D eigenvalue weighted by Crippen LogP contribution is -2.50. The molecule has 1 heterocycles. The number of nitrogens with zero attached hydrogens (tertiary/aromatic N) is 1. The molecule has 0 aromatic rings. The summed E-state index contributed by atoms with van der Waals surface area (Å²) in [7, 11) is -2.84. The zero-order valence-electron chi connectivity index (χ0n) is 17.6. The minimum Gasteiger partial charge on any atom is -0.356 e. The van der Waals surface area contributed by atoms with Crippen LogP contribution in [0.15, 0.2) is 17.1 Å². The van der Waals surface area contributed by atoms with Crippen LogP contribution >= 0.6 is 24.0 Å². The highest BCUT2D eigenvalue weighted by Gasteiger charge is 2.38. The summed E-state index contributed by atoms with van der Waals surface area (Å²) in [5, 5.41) is 7.01. The maximum absolute atomic E-state index is 11.7. The molecule has 1 saturated carbocycles. The van der Waals surface area contributed by atoms with Crippen molar-refractivity contribution in [2.45, 2.75) is 66.3 Å². The topological polar surface area (TPSA) is 70.6 Å². The van der Waals surface area contributed by atoms with Gasteiger partial charge in [-0.3, -0.25) is 0 Å². The SMILES string of the molecule is C=C(C)CN=C(NCC1CCS(=O)(=O)C1)NC1CC(C)(C)CC(C)(C)C1.I. The molecule has 1 aliphatic heterocycles. The summed E-state index contributed by atoms with van der Waals surface area (Å²) in [6, 6.07) is 0.373. The lowest BCUT2D eigenvalue weighted by atomic mass is 9.63. The second-order valence-corrected chi connectivity index (χ2v) is 12.3. The fourth-order valence-electron chi connectivity index (χ4n) is 4.78. The van der Waals surface area contributed by atoms with Crippen molar-refractivity contribution in [3.05, 3.63) is 12.2 Å². The molecule has 0 amide bonds. The van der Waals surface area contributed by atoms with E-state index in [-0.39, 0.29) is 35.6 Å². The van der Waals surface area contributed by atoms with Gasteiger partial charge in [-0.15, -0.1) is 24.0 Å². The Kier molecular flexibility index (Phi) is 8.66. The molecule has 0 aromatic carbocycles. The highest BCUT2D eigenvalue weighted by atomic mass is 127. The lowest BCUT2D eigenvalue weighted by Gasteiger charge is -2.45. The maximum Gasteiger partial charge on any atom is 0.191 e. The quantitative estimate of drug-likeness (QED) is 0.255. The van der Waals surface area contributed by atoms with Crippen molar-refractivity contribution >= 4 is 39.8 Å². The van der Waals surface area contributed by atoms with Crippen molar-refractivity contribution in [3.63, 3.8) is 0 Å². The van der Waals surface area contributed by atoms with E-state index in [1.165, 1.54) is 6.42 Å². The summed E-state index contributed by atoms with van der Waals surface area (Å²) < 4.78 is 23.4. The van der Waals surface area contributed by atoms with Crippen molar-refractivity contribution in [2.75, 3.05) is 24.6 Å². The van der Waals surface area contributed by atoms with Gasteiger partial charge in [-0.2, -0.15) is 0 Å². The molecule has 5 nitrogen and oxygen atoms in total. The normalized spacial score (nSPS) is 26.9. The molecule has 2 N–H and O–H groups in total. The number of hydrogen-bond acceptors (Lipinski definition) is 3. The molecule has 1 atom stereocenters. The van der Waals surface area contributed by atoms with E-state index in [2.05, 4.69) is 49.9 Å². The second kappa shape index (κ2) is 9.46. The molecular formula is C20H38IN3O2S. The third-order valence-electron chi connectivity index (χ3n) is 5.29. The molecule has 158 valence electrons. The van der Waals surface area contributed by atoms with E-state index in [4.69, 9.17) is 0 Å². The Morgan fingerprint density at radius 2 is 1.78 bits per heavy atom. The average Bonchev–Trinajstić information content (AvgIpc) is 2.77. The molecule has 7 heteroatoms. The van der Waals surface area contributed by atoms with Gasteiger partial charge in [0.1, 0.15) is 0 Å². The monoisotopic (exact) mass is 511 g/mol. The Morgan fingerprint density at radius 3 is 2.26 bits per heavy atom. The molecule has 2 aliphatic rings. The Morgan fingerprint density at radius 1 is 1.19 bits per heavy atom. The van der Waals surface area contributed by atoms with Crippen LogP contribution in [0.5, 0.6) is 0 Å². The van der Waals surface area contributed by atoms with Gasteiger partial charge in [0.25, 0.3) is 0 Å². The van der Waals surface area contributed by atoms with Gasteiger partial charge in [-0.05, 0) is 49.4 Å². The van der Waals surface area contributed by atoms with Crippen LogP contribution in [0.3, 0.4) is 0 Å². The fraction of sp³-hybridized carbons (Fsp3) is 0.850. The van der Waals surface area contributed by atoms with Gasteiger partial charge in [0.15, 0.2) is 15.8 Å². The van der Waals surface area contributed by atoms with Crippen molar-refractivity contribution in [1.29, 1.82) is 0 Å². The number of halogens is 1. The molecule has 1 saturated heterocycles. The minimum atomic E-state index is -2.84. The van der Waals surface area contributed by atoms with E-state index in [0.717, 1.165) is 30.8 Å². The summed E-state index contributed by atoms with van der Waals surface area (Å²) in [4.78, 5) is 4.66. The number of hydrogen-bond donors (Lipinski definition) is 2. The third-order valence-corrected chi connectivity index (χ3v) is 7.12. The highest BCUT2D eigenvalue weighted by Crippen LogP contribution is 2.45. The van der Waals surface area contributed by atoms with Gasteiger partial charge in [-0.1, -0.05) is 39.8 Å². The maximum atomic E-state index is 11.7. The summed E-state index contributed by atoms with van der Waals surface area (Å²) in [6.07, 6.45) is 4.19. The molecule has 0 spiro atoms. The van der Waals surface area contributed by atoms with Gasteiger partial charge in [0, 0.05) is 12.6 Å². The molecular weight excluding hydrogens is 473 g/mol. The van der Waals surface area contributed by atoms with E-state index >= 15 is 0 Å². The van der Waals surface area contributed by atoms with E-state index in [0.29, 0.717) is 35.7 Å². The number of sulfone groups is 1. The Balaban J connectivity index is 0.00000364. The third kappa shape index (κ3) is 8.71. The van der Waals surface area contributed by atoms with Crippen LogP contribution in [0.2, 0.25) is 0 Å². The number of nitrogens with one attached hydrogen (secondary N) is 2. The van der Waals surface area contributed by atoms with Crippen molar-refractivity contribution in [1.82, 2.24) is 10.6 Å². The van der Waals surface area contributed by atoms with Crippen LogP contribution in [0.25, 0.3) is 0 Å². The first kappa shape index (κ1) is 24.7. The van der Waals surface area contributed by atoms with Gasteiger partial charge >= 0.3 is 0 Å². The van der Waals surface area contributed by atoms with Crippen LogP contribution in [0, 0.1) is 16.7 Å². The first-order valence-electron chi connectivity index (χ1n) is 9.76. The van der Waals surface area contributed by atoms with Crippen molar-refractivity contribution < 1.29 is 8.42 Å². The van der Waals surface area contributed by atoms with E-state index in [1.54, 1.807) is 0 Å². The van der Waals surface area contributed by atoms with E-state index < -0.39 is 9.84 Å². The van der Waals surface area contributed by atoms with Gasteiger partial charge in [0.2, 0.25) is 0 Å². The summed E-state index contributed by atoms with van der Waals surface area (Å²) in [6.45, 7) is 16.5. The summed E-state index contributed by atoms with van der Waals surface area (Å²) >= 11 is 0. The van der Waals surface area contributed by atoms with Crippen molar-refractivity contribution in [3.8, 4) is 0 Å². The molecule has 1 unspecified atom stereocenters. The lowest BCUT2D eigenvalue weighted by molar-refractivity contribution is 0.0918. The molecule has 27 heavy (non-hydrogen) atoms. The molecule has 0 aromatic heterocycles. The van der Waals surface area contributed by atoms with Gasteiger partial charge in [-0.25, -0.2) is 13.4 Å². The zero-order chi connectivity index (χ0) is 19.6. The first-order valence-corrected chi connectivity index (χ1v) is 11.6. The Labute approximate surface area is 183 Å². The Hall–Kier alpha value is -0.310. The smallest absolute Gasteiger partial charge is 0.191 e. The van der Waals surface area contributed by atoms with Crippen LogP contribution in [0.4, 0.5) is 0 Å². The predicted octanol–water partition coefficient (Wildman–Crippen LogP) is 3.76. The van der Waals surface area contributed by atoms with Crippen LogP contribution in [-0.4, -0.2) is 45.0 Å². The summed E-state index contributed by atoms with van der Waals surface area (Å²) in [5.74, 6) is 1.57. The molecule has 0 bridgehead atoms. The minimum absolute atomic E-state index is 0. The standard InChI is InChI=1S/C20H37N3O2S.HI/c1-15(2)11-21-18(22-12-16-7-8-26(24,25)13-16)23-17-9-19(3,4)14-20(5,6)10-17;/h16-17H,1,7-14H2,2-6H3,(H2,21,22,23);1H. The van der Waals surface area contributed by atoms with E-state index in [1.807, 2.05) is 6.92 Å². The average molecular weight is 512 g/mol. The number of guanidine groups is 1. The first-order chi connectivity index (χ1) is 11.9. The van der Waals surface area contributed by atoms with Crippen LogP contribution < -0.4 is 10.6 Å². The number of aliphatic imine (C=N–C) groups is 1. The molecule has 2 rings (SSSR count). The molecule has 1 aliphatic carbocycles. The summed E-state index contributed by atoms with van der Waals surface area (Å²) in [5.41, 5.74) is 1.62. The fourth-order valence-corrected chi connectivity index (χ4v) is 6.64. The van der Waals surface area contributed by atoms with Gasteiger partial charge < -0.3 is 10.6 Å². The van der Waals surface area contributed by atoms with Crippen LogP contribution in [0.1, 0.15) is 60.3 Å². The zero-order valence-corrected chi connectivity index (χ0v) is 20.7. The van der Waals surface area contributed by atoms with Gasteiger partial charge in [0.05, 0.1) is 18.1 Å². The molecule has 0 radical (unpaired) electrons. The van der Waals surface area contributed by atoms with Crippen LogP contribution in [-0.2, 0) is 9.84 Å². The highest BCUT2D eigenvalue weighted by molar-refractivity contribution is 14.0. The second-order valence-electron chi connectivity index (χ2n) is 10.0. The number of rotatable bonds is 5. The van der Waals surface area contributed by atoms with E-state index in [9.17, 15) is 8.42 Å². The molecule has 2 fully saturated rings.